The molecule has 2 unspecified atom stereocenters. The van der Waals surface area contributed by atoms with Gasteiger partial charge in [-0.25, -0.2) is 4.39 Å². The molecule has 2 aromatic carbocycles. The molecule has 0 fully saturated rings. The van der Waals surface area contributed by atoms with Gasteiger partial charge in [0.15, 0.2) is 6.10 Å². The average molecular weight is 336 g/mol. The van der Waals surface area contributed by atoms with Crippen LogP contribution in [0.15, 0.2) is 48.5 Å². The van der Waals surface area contributed by atoms with Crippen molar-refractivity contribution < 1.29 is 13.9 Å². The molecule has 2 aromatic rings. The number of nitrogens with zero attached hydrogens (tertiary/aromatic N) is 1. The molecule has 23 heavy (non-hydrogen) atoms. The summed E-state index contributed by atoms with van der Waals surface area (Å²) in [5, 5.41) is 0.551. The van der Waals surface area contributed by atoms with E-state index in [1.165, 1.54) is 12.1 Å². The first-order chi connectivity index (χ1) is 10.9. The van der Waals surface area contributed by atoms with E-state index in [9.17, 15) is 9.18 Å². The van der Waals surface area contributed by atoms with Crippen molar-refractivity contribution in [2.24, 2.45) is 0 Å². The maximum absolute atomic E-state index is 13.0. The number of benzene rings is 2. The Labute approximate surface area is 140 Å². The van der Waals surface area contributed by atoms with Crippen LogP contribution in [0.2, 0.25) is 5.02 Å². The molecule has 5 heteroatoms. The van der Waals surface area contributed by atoms with Gasteiger partial charge in [-0.05, 0) is 49.7 Å². The lowest BCUT2D eigenvalue weighted by atomic mass is 10.1. The van der Waals surface area contributed by atoms with Gasteiger partial charge in [0.05, 0.1) is 6.04 Å². The number of likely N-dealkylation sites (N-methyl/N-ethyl adjacent to an activating group) is 1. The first-order valence-corrected chi connectivity index (χ1v) is 7.70. The molecular formula is C18H19ClFNO2. The Hall–Kier alpha value is -2.07. The molecule has 0 spiro atoms. The highest BCUT2D eigenvalue weighted by Gasteiger charge is 2.24. The Morgan fingerprint density at radius 1 is 1.17 bits per heavy atom. The fourth-order valence-electron chi connectivity index (χ4n) is 2.24. The van der Waals surface area contributed by atoms with E-state index >= 15 is 0 Å². The topological polar surface area (TPSA) is 29.5 Å². The van der Waals surface area contributed by atoms with Gasteiger partial charge >= 0.3 is 0 Å². The van der Waals surface area contributed by atoms with Gasteiger partial charge in [-0.3, -0.25) is 4.79 Å². The second-order valence-electron chi connectivity index (χ2n) is 5.39. The van der Waals surface area contributed by atoms with E-state index in [2.05, 4.69) is 0 Å². The highest BCUT2D eigenvalue weighted by Crippen LogP contribution is 2.22. The molecule has 1 amide bonds. The smallest absolute Gasteiger partial charge is 0.263 e. The predicted molar refractivity (Wildman–Crippen MR) is 89.1 cm³/mol. The first kappa shape index (κ1) is 17.3. The third-order valence-corrected chi connectivity index (χ3v) is 3.97. The van der Waals surface area contributed by atoms with E-state index in [0.717, 1.165) is 5.56 Å². The molecule has 0 saturated carbocycles. The Bertz CT molecular complexity index is 675. The minimum atomic E-state index is -0.652. The number of halogens is 2. The summed E-state index contributed by atoms with van der Waals surface area (Å²) < 4.78 is 18.6. The van der Waals surface area contributed by atoms with Crippen LogP contribution in [-0.4, -0.2) is 24.0 Å². The minimum Gasteiger partial charge on any atom is -0.481 e. The van der Waals surface area contributed by atoms with Crippen molar-refractivity contribution in [1.82, 2.24) is 4.90 Å². The van der Waals surface area contributed by atoms with E-state index < -0.39 is 6.10 Å². The van der Waals surface area contributed by atoms with Crippen molar-refractivity contribution in [2.75, 3.05) is 7.05 Å². The fraction of sp³-hybridized carbons (Fsp3) is 0.278. The summed E-state index contributed by atoms with van der Waals surface area (Å²) in [6.45, 7) is 3.58. The molecule has 0 bridgehead atoms. The van der Waals surface area contributed by atoms with E-state index in [4.69, 9.17) is 16.3 Å². The third-order valence-electron chi connectivity index (χ3n) is 3.74. The normalized spacial score (nSPS) is 13.3. The highest BCUT2D eigenvalue weighted by molar-refractivity contribution is 6.30. The summed E-state index contributed by atoms with van der Waals surface area (Å²) in [6, 6.07) is 12.8. The summed E-state index contributed by atoms with van der Waals surface area (Å²) in [5.41, 5.74) is 0.859. The van der Waals surface area contributed by atoms with Crippen molar-refractivity contribution in [3.05, 3.63) is 64.9 Å². The van der Waals surface area contributed by atoms with Gasteiger partial charge < -0.3 is 9.64 Å². The quantitative estimate of drug-likeness (QED) is 0.807. The number of carbonyl (C=O) groups excluding carboxylic acids is 1. The number of ether oxygens (including phenoxy) is 1. The van der Waals surface area contributed by atoms with Gasteiger partial charge in [-0.15, -0.1) is 0 Å². The molecule has 3 nitrogen and oxygen atoms in total. The van der Waals surface area contributed by atoms with Gasteiger partial charge in [0.1, 0.15) is 11.6 Å². The fourth-order valence-corrected chi connectivity index (χ4v) is 2.42. The molecule has 0 radical (unpaired) electrons. The summed E-state index contributed by atoms with van der Waals surface area (Å²) in [4.78, 5) is 14.1. The van der Waals surface area contributed by atoms with Crippen LogP contribution in [0.5, 0.6) is 5.75 Å². The maximum atomic E-state index is 13.0. The van der Waals surface area contributed by atoms with Gasteiger partial charge in [0.25, 0.3) is 5.91 Å². The van der Waals surface area contributed by atoms with Crippen molar-refractivity contribution in [3.8, 4) is 5.75 Å². The molecule has 2 rings (SSSR count). The Kier molecular flexibility index (Phi) is 5.61. The zero-order chi connectivity index (χ0) is 17.0. The molecular weight excluding hydrogens is 317 g/mol. The number of hydrogen-bond acceptors (Lipinski definition) is 2. The van der Waals surface area contributed by atoms with Crippen LogP contribution in [0.4, 0.5) is 4.39 Å². The van der Waals surface area contributed by atoms with E-state index in [-0.39, 0.29) is 17.8 Å². The van der Waals surface area contributed by atoms with Crippen molar-refractivity contribution in [1.29, 1.82) is 0 Å². The van der Waals surface area contributed by atoms with Crippen molar-refractivity contribution >= 4 is 17.5 Å². The predicted octanol–water partition coefficient (Wildman–Crippen LogP) is 4.47. The van der Waals surface area contributed by atoms with Gasteiger partial charge in [0, 0.05) is 12.1 Å². The standard InChI is InChI=1S/C18H19ClFNO2/c1-12(14-7-9-16(20)10-8-14)21(3)18(22)13(2)23-17-6-4-5-15(19)11-17/h4-13H,1-3H3. The zero-order valence-corrected chi connectivity index (χ0v) is 14.0. The summed E-state index contributed by atoms with van der Waals surface area (Å²) in [6.07, 6.45) is -0.652. The van der Waals surface area contributed by atoms with Crippen molar-refractivity contribution in [3.63, 3.8) is 0 Å². The summed E-state index contributed by atoms with van der Waals surface area (Å²) in [5.74, 6) is 0.0792. The van der Waals surface area contributed by atoms with Crippen LogP contribution in [0, 0.1) is 5.82 Å². The lowest BCUT2D eigenvalue weighted by Crippen LogP contribution is -2.39. The monoisotopic (exact) mass is 335 g/mol. The van der Waals surface area contributed by atoms with E-state index in [0.29, 0.717) is 10.8 Å². The van der Waals surface area contributed by atoms with Gasteiger partial charge in [0.2, 0.25) is 0 Å². The maximum Gasteiger partial charge on any atom is 0.263 e. The van der Waals surface area contributed by atoms with Gasteiger partial charge in [-0.1, -0.05) is 29.8 Å². The van der Waals surface area contributed by atoms with Crippen LogP contribution in [0.3, 0.4) is 0 Å². The number of amides is 1. The number of carbonyl (C=O) groups is 1. The second kappa shape index (κ2) is 7.47. The minimum absolute atomic E-state index is 0.165. The molecule has 0 heterocycles. The molecule has 0 aromatic heterocycles. The lowest BCUT2D eigenvalue weighted by Gasteiger charge is -2.28. The van der Waals surface area contributed by atoms with Crippen molar-refractivity contribution in [2.45, 2.75) is 26.0 Å². The molecule has 0 aliphatic rings. The number of hydrogen-bond donors (Lipinski definition) is 0. The second-order valence-corrected chi connectivity index (χ2v) is 5.83. The summed E-state index contributed by atoms with van der Waals surface area (Å²) >= 11 is 5.91. The van der Waals surface area contributed by atoms with Crippen LogP contribution in [0.1, 0.15) is 25.5 Å². The molecule has 0 N–H and O–H groups in total. The lowest BCUT2D eigenvalue weighted by molar-refractivity contribution is -0.138. The molecule has 2 atom stereocenters. The van der Waals surface area contributed by atoms with E-state index in [1.807, 2.05) is 6.92 Å². The molecule has 0 saturated heterocycles. The Morgan fingerprint density at radius 2 is 1.83 bits per heavy atom. The van der Waals surface area contributed by atoms with Crippen LogP contribution in [-0.2, 0) is 4.79 Å². The van der Waals surface area contributed by atoms with Gasteiger partial charge in [-0.2, -0.15) is 0 Å². The zero-order valence-electron chi connectivity index (χ0n) is 13.3. The Balaban J connectivity index is 2.04. The first-order valence-electron chi connectivity index (χ1n) is 7.33. The van der Waals surface area contributed by atoms with E-state index in [1.54, 1.807) is 55.3 Å². The third kappa shape index (κ3) is 4.45. The molecule has 122 valence electrons. The van der Waals surface area contributed by atoms with Crippen LogP contribution in [0.25, 0.3) is 0 Å². The summed E-state index contributed by atoms with van der Waals surface area (Å²) in [7, 11) is 1.70. The largest absolute Gasteiger partial charge is 0.481 e. The van der Waals surface area contributed by atoms with Crippen LogP contribution < -0.4 is 4.74 Å². The Morgan fingerprint density at radius 3 is 2.43 bits per heavy atom. The van der Waals surface area contributed by atoms with Crippen LogP contribution >= 0.6 is 11.6 Å². The highest BCUT2D eigenvalue weighted by atomic mass is 35.5. The molecule has 0 aliphatic carbocycles. The number of rotatable bonds is 5. The average Bonchev–Trinajstić information content (AvgIpc) is 2.53. The molecule has 0 aliphatic heterocycles. The SMILES string of the molecule is CC(Oc1cccc(Cl)c1)C(=O)N(C)C(C)c1ccc(F)cc1.